The van der Waals surface area contributed by atoms with Crippen molar-refractivity contribution in [3.8, 4) is 0 Å². The monoisotopic (exact) mass is 363 g/mol. The molecule has 2 N–H and O–H groups in total. The molecule has 2 aromatic rings. The van der Waals surface area contributed by atoms with E-state index in [1.165, 1.54) is 16.4 Å². The number of hydrogen-bond acceptors (Lipinski definition) is 6. The van der Waals surface area contributed by atoms with E-state index < -0.39 is 0 Å². The third-order valence-corrected chi connectivity index (χ3v) is 6.49. The molecule has 0 radical (unpaired) electrons. The quantitative estimate of drug-likeness (QED) is 0.812. The van der Waals surface area contributed by atoms with Crippen molar-refractivity contribution in [3.63, 3.8) is 0 Å². The van der Waals surface area contributed by atoms with Crippen molar-refractivity contribution in [1.29, 1.82) is 0 Å². The zero-order valence-corrected chi connectivity index (χ0v) is 14.1. The molecule has 0 spiro atoms. The van der Waals surface area contributed by atoms with Crippen LogP contribution in [-0.2, 0) is 6.42 Å². The van der Waals surface area contributed by atoms with Gasteiger partial charge >= 0.3 is 0 Å². The summed E-state index contributed by atoms with van der Waals surface area (Å²) in [5.74, 6) is 0.915. The Morgan fingerprint density at radius 2 is 2.28 bits per heavy atom. The number of nitrogens with zero attached hydrogens (tertiary/aromatic N) is 2. The van der Waals surface area contributed by atoms with Crippen LogP contribution in [0.2, 0.25) is 0 Å². The Morgan fingerprint density at radius 3 is 2.78 bits per heavy atom. The molecule has 0 aliphatic rings. The van der Waals surface area contributed by atoms with E-state index in [0.29, 0.717) is 0 Å². The lowest BCUT2D eigenvalue weighted by molar-refractivity contribution is 0.729. The summed E-state index contributed by atoms with van der Waals surface area (Å²) in [4.78, 5) is 5.76. The highest BCUT2D eigenvalue weighted by atomic mass is 79.9. The van der Waals surface area contributed by atoms with Gasteiger partial charge in [-0.25, -0.2) is 4.98 Å². The largest absolute Gasteiger partial charge is 0.327 e. The minimum absolute atomic E-state index is 0.0783. The van der Waals surface area contributed by atoms with Gasteiger partial charge in [0.25, 0.3) is 0 Å². The van der Waals surface area contributed by atoms with E-state index in [4.69, 9.17) is 5.73 Å². The highest BCUT2D eigenvalue weighted by Crippen LogP contribution is 2.41. The molecule has 0 fully saturated rings. The fourth-order valence-corrected chi connectivity index (χ4v) is 5.13. The van der Waals surface area contributed by atoms with Crippen molar-refractivity contribution in [2.75, 3.05) is 0 Å². The van der Waals surface area contributed by atoms with Gasteiger partial charge in [0.1, 0.15) is 5.82 Å². The molecule has 2 rings (SSSR count). The summed E-state index contributed by atoms with van der Waals surface area (Å²) < 4.78 is 6.44. The molecule has 7 heteroatoms. The highest BCUT2D eigenvalue weighted by molar-refractivity contribution is 9.11. The van der Waals surface area contributed by atoms with Gasteiger partial charge in [-0.05, 0) is 46.5 Å². The molecule has 2 atom stereocenters. The molecule has 2 aromatic heterocycles. The van der Waals surface area contributed by atoms with Gasteiger partial charge in [0.15, 0.2) is 4.34 Å². The first-order valence-corrected chi connectivity index (χ1v) is 8.86. The third kappa shape index (κ3) is 3.54. The lowest BCUT2D eigenvalue weighted by Gasteiger charge is -2.17. The van der Waals surface area contributed by atoms with Gasteiger partial charge in [0, 0.05) is 17.3 Å². The van der Waals surface area contributed by atoms with Crippen molar-refractivity contribution in [2.24, 2.45) is 5.73 Å². The molecule has 2 unspecified atom stereocenters. The summed E-state index contributed by atoms with van der Waals surface area (Å²) >= 11 is 8.39. The van der Waals surface area contributed by atoms with E-state index >= 15 is 0 Å². The predicted octanol–water partition coefficient (Wildman–Crippen LogP) is 4.11. The van der Waals surface area contributed by atoms with E-state index in [-0.39, 0.29) is 11.3 Å². The minimum Gasteiger partial charge on any atom is -0.327 e. The van der Waals surface area contributed by atoms with E-state index in [1.807, 2.05) is 6.92 Å². The van der Waals surface area contributed by atoms with Crippen LogP contribution in [0.1, 0.15) is 29.8 Å². The van der Waals surface area contributed by atoms with Crippen molar-refractivity contribution in [1.82, 2.24) is 9.36 Å². The number of rotatable bonds is 5. The predicted molar refractivity (Wildman–Crippen MR) is 83.6 cm³/mol. The van der Waals surface area contributed by atoms with Crippen LogP contribution in [0.4, 0.5) is 0 Å². The number of nitrogens with two attached hydrogens (primary N) is 1. The molecule has 0 aliphatic heterocycles. The number of thioether (sulfide) groups is 1. The van der Waals surface area contributed by atoms with Crippen LogP contribution in [0.15, 0.2) is 20.3 Å². The van der Waals surface area contributed by atoms with Crippen LogP contribution >= 0.6 is 50.6 Å². The molecule has 3 nitrogen and oxygen atoms in total. The first-order valence-electron chi connectivity index (χ1n) is 5.60. The smallest absolute Gasteiger partial charge is 0.170 e. The molecule has 18 heavy (non-hydrogen) atoms. The lowest BCUT2D eigenvalue weighted by atomic mass is 10.2. The van der Waals surface area contributed by atoms with Gasteiger partial charge in [0.05, 0.1) is 9.04 Å². The first kappa shape index (κ1) is 14.5. The molecule has 0 aromatic carbocycles. The zero-order valence-electron chi connectivity index (χ0n) is 10.1. The van der Waals surface area contributed by atoms with Gasteiger partial charge in [-0.3, -0.25) is 0 Å². The molecule has 2 heterocycles. The SMILES string of the molecule is CCc1nsc(SC(c2ccc(Br)s2)C(C)N)n1. The summed E-state index contributed by atoms with van der Waals surface area (Å²) in [6.45, 7) is 4.10. The Balaban J connectivity index is 2.16. The van der Waals surface area contributed by atoms with Crippen LogP contribution in [0, 0.1) is 0 Å². The highest BCUT2D eigenvalue weighted by Gasteiger charge is 2.21. The van der Waals surface area contributed by atoms with Crippen LogP contribution in [0.25, 0.3) is 0 Å². The number of aryl methyl sites for hydroxylation is 1. The van der Waals surface area contributed by atoms with Crippen LogP contribution < -0.4 is 5.73 Å². The van der Waals surface area contributed by atoms with E-state index in [2.05, 4.69) is 44.3 Å². The van der Waals surface area contributed by atoms with Crippen molar-refractivity contribution in [3.05, 3.63) is 26.6 Å². The lowest BCUT2D eigenvalue weighted by Crippen LogP contribution is -2.21. The van der Waals surface area contributed by atoms with Gasteiger partial charge in [-0.1, -0.05) is 18.7 Å². The average molecular weight is 364 g/mol. The van der Waals surface area contributed by atoms with Gasteiger partial charge < -0.3 is 5.73 Å². The number of aromatic nitrogens is 2. The molecular formula is C11H14BrN3S3. The van der Waals surface area contributed by atoms with Gasteiger partial charge in [0.2, 0.25) is 0 Å². The number of halogens is 1. The van der Waals surface area contributed by atoms with E-state index in [9.17, 15) is 0 Å². The number of thiophene rings is 1. The number of hydrogen-bond donors (Lipinski definition) is 1. The first-order chi connectivity index (χ1) is 8.60. The standard InChI is InChI=1S/C11H14BrN3S3/c1-3-9-14-11(18-15-9)17-10(6(2)13)7-4-5-8(12)16-7/h4-6,10H,3,13H2,1-2H3. The van der Waals surface area contributed by atoms with E-state index in [0.717, 1.165) is 20.4 Å². The molecule has 0 bridgehead atoms. The molecule has 0 amide bonds. The molecule has 0 saturated carbocycles. The van der Waals surface area contributed by atoms with Crippen molar-refractivity contribution < 1.29 is 0 Å². The van der Waals surface area contributed by atoms with Crippen LogP contribution in [-0.4, -0.2) is 15.4 Å². The summed E-state index contributed by atoms with van der Waals surface area (Å²) in [5, 5.41) is 0.235. The summed E-state index contributed by atoms with van der Waals surface area (Å²) in [6, 6.07) is 4.26. The Kier molecular flexibility index (Phi) is 5.20. The van der Waals surface area contributed by atoms with Crippen molar-refractivity contribution in [2.45, 2.75) is 35.9 Å². The van der Waals surface area contributed by atoms with Crippen LogP contribution in [0.5, 0.6) is 0 Å². The Bertz CT molecular complexity index is 509. The second kappa shape index (κ2) is 6.47. The van der Waals surface area contributed by atoms with Crippen molar-refractivity contribution >= 4 is 50.6 Å². The zero-order chi connectivity index (χ0) is 13.1. The second-order valence-electron chi connectivity index (χ2n) is 3.87. The van der Waals surface area contributed by atoms with Crippen LogP contribution in [0.3, 0.4) is 0 Å². The topological polar surface area (TPSA) is 51.8 Å². The maximum absolute atomic E-state index is 6.09. The Labute approximate surface area is 128 Å². The summed E-state index contributed by atoms with van der Waals surface area (Å²) in [5.41, 5.74) is 6.09. The molecule has 98 valence electrons. The Morgan fingerprint density at radius 1 is 1.50 bits per heavy atom. The van der Waals surface area contributed by atoms with Gasteiger partial charge in [-0.2, -0.15) is 4.37 Å². The van der Waals surface area contributed by atoms with Gasteiger partial charge in [-0.15, -0.1) is 11.3 Å². The maximum Gasteiger partial charge on any atom is 0.170 e. The molecular weight excluding hydrogens is 350 g/mol. The second-order valence-corrected chi connectivity index (χ2v) is 8.50. The molecule has 0 aliphatic carbocycles. The summed E-state index contributed by atoms with van der Waals surface area (Å²) in [7, 11) is 0. The average Bonchev–Trinajstić information content (AvgIpc) is 2.94. The normalized spacial score (nSPS) is 14.7. The fraction of sp³-hybridized carbons (Fsp3) is 0.455. The third-order valence-electron chi connectivity index (χ3n) is 2.35. The minimum atomic E-state index is 0.0783. The Hall–Kier alpha value is 0.0500. The van der Waals surface area contributed by atoms with E-state index in [1.54, 1.807) is 23.1 Å². The molecule has 0 saturated heterocycles. The summed E-state index contributed by atoms with van der Waals surface area (Å²) in [6.07, 6.45) is 0.879. The maximum atomic E-state index is 6.09. The fourth-order valence-electron chi connectivity index (χ4n) is 1.44.